The molecule has 0 spiro atoms. The van der Waals surface area contributed by atoms with Crippen molar-refractivity contribution in [3.8, 4) is 0 Å². The minimum absolute atomic E-state index is 0.247. The maximum absolute atomic E-state index is 6.03. The molecule has 0 bridgehead atoms. The van der Waals surface area contributed by atoms with E-state index in [4.69, 9.17) is 4.74 Å². The largest absolute Gasteiger partial charge is 0.475 e. The average Bonchev–Trinajstić information content (AvgIpc) is 2.89. The Kier molecular flexibility index (Phi) is 3.60. The Labute approximate surface area is 108 Å². The van der Waals surface area contributed by atoms with Gasteiger partial charge in [-0.05, 0) is 31.5 Å². The first kappa shape index (κ1) is 11.7. The summed E-state index contributed by atoms with van der Waals surface area (Å²) in [6.07, 6.45) is 3.55. The van der Waals surface area contributed by atoms with Gasteiger partial charge in [0.15, 0.2) is 5.90 Å². The van der Waals surface area contributed by atoms with E-state index in [1.807, 2.05) is 0 Å². The summed E-state index contributed by atoms with van der Waals surface area (Å²) in [6.45, 7) is 3.01. The van der Waals surface area contributed by atoms with E-state index in [0.717, 1.165) is 44.8 Å². The fourth-order valence-electron chi connectivity index (χ4n) is 2.71. The van der Waals surface area contributed by atoms with Gasteiger partial charge >= 0.3 is 0 Å². The van der Waals surface area contributed by atoms with E-state index < -0.39 is 0 Å². The summed E-state index contributed by atoms with van der Waals surface area (Å²) in [5, 5.41) is 3.38. The molecule has 0 radical (unpaired) electrons. The summed E-state index contributed by atoms with van der Waals surface area (Å²) in [5.41, 5.74) is 1.34. The van der Waals surface area contributed by atoms with Crippen molar-refractivity contribution in [1.82, 2.24) is 5.32 Å². The minimum Gasteiger partial charge on any atom is -0.475 e. The quantitative estimate of drug-likeness (QED) is 0.882. The predicted molar refractivity (Wildman–Crippen MR) is 72.9 cm³/mol. The lowest BCUT2D eigenvalue weighted by Gasteiger charge is -2.23. The fourth-order valence-corrected chi connectivity index (χ4v) is 2.71. The van der Waals surface area contributed by atoms with Gasteiger partial charge in [0.2, 0.25) is 0 Å². The van der Waals surface area contributed by atoms with Gasteiger partial charge in [-0.1, -0.05) is 30.3 Å². The second-order valence-corrected chi connectivity index (χ2v) is 5.13. The molecule has 2 aliphatic heterocycles. The number of hydrogen-bond donors (Lipinski definition) is 1. The molecule has 1 aromatic carbocycles. The van der Waals surface area contributed by atoms with E-state index in [1.54, 1.807) is 0 Å². The van der Waals surface area contributed by atoms with Crippen molar-refractivity contribution < 1.29 is 4.74 Å². The van der Waals surface area contributed by atoms with Crippen molar-refractivity contribution in [2.75, 3.05) is 19.6 Å². The lowest BCUT2D eigenvalue weighted by atomic mass is 9.98. The predicted octanol–water partition coefficient (Wildman–Crippen LogP) is 2.03. The zero-order valence-corrected chi connectivity index (χ0v) is 10.6. The summed E-state index contributed by atoms with van der Waals surface area (Å²) >= 11 is 0. The van der Waals surface area contributed by atoms with Crippen LogP contribution in [0.2, 0.25) is 0 Å². The number of ether oxygens (including phenoxy) is 1. The van der Waals surface area contributed by atoms with Crippen LogP contribution < -0.4 is 5.32 Å². The summed E-state index contributed by atoms with van der Waals surface area (Å²) in [6, 6.07) is 10.5. The molecule has 96 valence electrons. The summed E-state index contributed by atoms with van der Waals surface area (Å²) in [7, 11) is 0. The van der Waals surface area contributed by atoms with Gasteiger partial charge in [0.1, 0.15) is 6.10 Å². The molecule has 1 unspecified atom stereocenters. The van der Waals surface area contributed by atoms with Crippen LogP contribution in [0.25, 0.3) is 0 Å². The fraction of sp³-hybridized carbons (Fsp3) is 0.533. The smallest absolute Gasteiger partial charge is 0.187 e. The summed E-state index contributed by atoms with van der Waals surface area (Å²) in [5.74, 6) is 1.56. The number of nitrogens with one attached hydrogen (secondary N) is 1. The number of piperidine rings is 1. The zero-order valence-electron chi connectivity index (χ0n) is 10.6. The Bertz CT molecular complexity index is 410. The molecule has 1 saturated heterocycles. The van der Waals surface area contributed by atoms with Crippen molar-refractivity contribution >= 4 is 5.90 Å². The second kappa shape index (κ2) is 5.53. The van der Waals surface area contributed by atoms with E-state index in [-0.39, 0.29) is 6.10 Å². The molecule has 3 nitrogen and oxygen atoms in total. The Morgan fingerprint density at radius 1 is 1.17 bits per heavy atom. The van der Waals surface area contributed by atoms with Crippen LogP contribution in [0.1, 0.15) is 18.4 Å². The molecule has 0 aromatic heterocycles. The molecular formula is C15H20N2O. The van der Waals surface area contributed by atoms with Crippen molar-refractivity contribution in [2.45, 2.75) is 25.4 Å². The highest BCUT2D eigenvalue weighted by Crippen LogP contribution is 2.21. The molecule has 1 aromatic rings. The van der Waals surface area contributed by atoms with Gasteiger partial charge in [-0.25, -0.2) is 0 Å². The third kappa shape index (κ3) is 2.72. The second-order valence-electron chi connectivity index (χ2n) is 5.13. The molecule has 2 aliphatic rings. The third-order valence-electron chi connectivity index (χ3n) is 3.73. The monoisotopic (exact) mass is 244 g/mol. The Morgan fingerprint density at radius 3 is 2.72 bits per heavy atom. The molecule has 3 rings (SSSR count). The standard InChI is InChI=1S/C15H20N2O/c1-2-4-12(5-3-1)10-14-11-17-15(18-14)13-6-8-16-9-7-13/h1-5,13-14,16H,6-11H2. The number of nitrogens with zero attached hydrogens (tertiary/aromatic N) is 1. The van der Waals surface area contributed by atoms with Gasteiger partial charge in [-0.3, -0.25) is 4.99 Å². The van der Waals surface area contributed by atoms with Gasteiger partial charge in [-0.2, -0.15) is 0 Å². The molecule has 0 amide bonds. The van der Waals surface area contributed by atoms with Crippen molar-refractivity contribution in [3.05, 3.63) is 35.9 Å². The van der Waals surface area contributed by atoms with Crippen molar-refractivity contribution in [3.63, 3.8) is 0 Å². The molecule has 0 aliphatic carbocycles. The molecule has 1 atom stereocenters. The minimum atomic E-state index is 0.247. The van der Waals surface area contributed by atoms with Gasteiger partial charge < -0.3 is 10.1 Å². The third-order valence-corrected chi connectivity index (χ3v) is 3.73. The van der Waals surface area contributed by atoms with E-state index >= 15 is 0 Å². The van der Waals surface area contributed by atoms with Crippen LogP contribution in [0.5, 0.6) is 0 Å². The topological polar surface area (TPSA) is 33.6 Å². The van der Waals surface area contributed by atoms with E-state index in [1.165, 1.54) is 5.56 Å². The number of rotatable bonds is 3. The Hall–Kier alpha value is -1.35. The van der Waals surface area contributed by atoms with Crippen molar-refractivity contribution in [2.24, 2.45) is 10.9 Å². The van der Waals surface area contributed by atoms with E-state index in [9.17, 15) is 0 Å². The average molecular weight is 244 g/mol. The van der Waals surface area contributed by atoms with Crippen LogP contribution in [0, 0.1) is 5.92 Å². The number of hydrogen-bond acceptors (Lipinski definition) is 3. The highest BCUT2D eigenvalue weighted by atomic mass is 16.5. The normalized spacial score (nSPS) is 24.7. The summed E-state index contributed by atoms with van der Waals surface area (Å²) in [4.78, 5) is 4.60. The maximum atomic E-state index is 6.03. The molecule has 0 saturated carbocycles. The van der Waals surface area contributed by atoms with Crippen LogP contribution >= 0.6 is 0 Å². The first-order valence-electron chi connectivity index (χ1n) is 6.87. The Morgan fingerprint density at radius 2 is 1.94 bits per heavy atom. The van der Waals surface area contributed by atoms with Crippen LogP contribution in [-0.2, 0) is 11.2 Å². The lowest BCUT2D eigenvalue weighted by Crippen LogP contribution is -2.32. The molecule has 2 heterocycles. The molecule has 18 heavy (non-hydrogen) atoms. The molecule has 1 fully saturated rings. The number of benzene rings is 1. The van der Waals surface area contributed by atoms with Crippen LogP contribution in [-0.4, -0.2) is 31.6 Å². The molecular weight excluding hydrogens is 224 g/mol. The maximum Gasteiger partial charge on any atom is 0.187 e. The van der Waals surface area contributed by atoms with E-state index in [2.05, 4.69) is 40.6 Å². The van der Waals surface area contributed by atoms with E-state index in [0.29, 0.717) is 5.92 Å². The number of aliphatic imine (C=N–C) groups is 1. The highest BCUT2D eigenvalue weighted by Gasteiger charge is 2.27. The zero-order chi connectivity index (χ0) is 12.2. The summed E-state index contributed by atoms with van der Waals surface area (Å²) < 4.78 is 6.03. The van der Waals surface area contributed by atoms with Gasteiger partial charge in [0.05, 0.1) is 6.54 Å². The first-order chi connectivity index (χ1) is 8.92. The highest BCUT2D eigenvalue weighted by molar-refractivity contribution is 5.80. The molecule has 1 N–H and O–H groups in total. The van der Waals surface area contributed by atoms with Crippen LogP contribution in [0.4, 0.5) is 0 Å². The van der Waals surface area contributed by atoms with Gasteiger partial charge in [-0.15, -0.1) is 0 Å². The molecule has 3 heteroatoms. The Balaban J connectivity index is 1.54. The van der Waals surface area contributed by atoms with Crippen LogP contribution in [0.3, 0.4) is 0 Å². The van der Waals surface area contributed by atoms with Crippen LogP contribution in [0.15, 0.2) is 35.3 Å². The van der Waals surface area contributed by atoms with Gasteiger partial charge in [0, 0.05) is 12.3 Å². The van der Waals surface area contributed by atoms with Crippen molar-refractivity contribution in [1.29, 1.82) is 0 Å². The first-order valence-corrected chi connectivity index (χ1v) is 6.87. The lowest BCUT2D eigenvalue weighted by molar-refractivity contribution is 0.204. The SMILES string of the molecule is c1ccc(CC2CN=C(C3CCNCC3)O2)cc1. The van der Waals surface area contributed by atoms with Gasteiger partial charge in [0.25, 0.3) is 0 Å².